The van der Waals surface area contributed by atoms with E-state index in [1.807, 2.05) is 30.3 Å². The maximum atomic E-state index is 14.3. The minimum Gasteiger partial charge on any atom is -0.271 e. The quantitative estimate of drug-likeness (QED) is 0.532. The Morgan fingerprint density at radius 3 is 2.39 bits per heavy atom. The maximum absolute atomic E-state index is 14.3. The van der Waals surface area contributed by atoms with Crippen molar-refractivity contribution in [1.82, 2.24) is 19.1 Å². The predicted octanol–water partition coefficient (Wildman–Crippen LogP) is 2.84. The van der Waals surface area contributed by atoms with Crippen LogP contribution in [0.15, 0.2) is 70.5 Å². The number of nitrogens with zero attached hydrogens (tertiary/aromatic N) is 4. The summed E-state index contributed by atoms with van der Waals surface area (Å²) in [5, 5.41) is 0.185. The SMILES string of the molecule is O=c1c2nccnc2n(Cc2c(F)cccc2Cl)c(=O)n1Cc1ccccc1. The number of hydrogen-bond acceptors (Lipinski definition) is 4. The van der Waals surface area contributed by atoms with E-state index in [-0.39, 0.29) is 34.8 Å². The number of halogens is 2. The van der Waals surface area contributed by atoms with E-state index in [4.69, 9.17) is 11.6 Å². The van der Waals surface area contributed by atoms with Crippen LogP contribution in [0.5, 0.6) is 0 Å². The molecule has 0 unspecified atom stereocenters. The van der Waals surface area contributed by atoms with E-state index in [2.05, 4.69) is 9.97 Å². The fourth-order valence-corrected chi connectivity index (χ4v) is 3.24. The molecular weight excluding hydrogens is 383 g/mol. The van der Waals surface area contributed by atoms with E-state index in [0.717, 1.165) is 10.1 Å². The molecule has 0 bridgehead atoms. The van der Waals surface area contributed by atoms with Crippen LogP contribution in [0.4, 0.5) is 4.39 Å². The molecule has 2 aromatic heterocycles. The highest BCUT2D eigenvalue weighted by atomic mass is 35.5. The normalized spacial score (nSPS) is 11.1. The van der Waals surface area contributed by atoms with Gasteiger partial charge in [-0.1, -0.05) is 48.0 Å². The maximum Gasteiger partial charge on any atom is 0.333 e. The van der Waals surface area contributed by atoms with Crippen LogP contribution in [-0.2, 0) is 13.1 Å². The molecule has 6 nitrogen and oxygen atoms in total. The third-order valence-corrected chi connectivity index (χ3v) is 4.76. The van der Waals surface area contributed by atoms with Crippen molar-refractivity contribution in [2.45, 2.75) is 13.1 Å². The number of fused-ring (bicyclic) bond motifs is 1. The molecule has 0 aliphatic carbocycles. The first-order chi connectivity index (χ1) is 13.6. The summed E-state index contributed by atoms with van der Waals surface area (Å²) in [6.45, 7) is -0.107. The van der Waals surface area contributed by atoms with E-state index >= 15 is 0 Å². The topological polar surface area (TPSA) is 69.8 Å². The zero-order valence-corrected chi connectivity index (χ0v) is 15.3. The van der Waals surface area contributed by atoms with Gasteiger partial charge in [0.2, 0.25) is 0 Å². The van der Waals surface area contributed by atoms with Crippen molar-refractivity contribution in [3.63, 3.8) is 0 Å². The molecule has 0 aliphatic heterocycles. The number of benzene rings is 2. The number of rotatable bonds is 4. The van der Waals surface area contributed by atoms with E-state index in [1.54, 1.807) is 6.07 Å². The van der Waals surface area contributed by atoms with Crippen LogP contribution in [-0.4, -0.2) is 19.1 Å². The minimum absolute atomic E-state index is 0.0329. The van der Waals surface area contributed by atoms with Gasteiger partial charge in [-0.25, -0.2) is 19.2 Å². The van der Waals surface area contributed by atoms with Crippen molar-refractivity contribution in [2.75, 3.05) is 0 Å². The first kappa shape index (κ1) is 18.1. The van der Waals surface area contributed by atoms with Gasteiger partial charge >= 0.3 is 5.69 Å². The average Bonchev–Trinajstić information content (AvgIpc) is 2.71. The van der Waals surface area contributed by atoms with Crippen molar-refractivity contribution < 1.29 is 4.39 Å². The summed E-state index contributed by atoms with van der Waals surface area (Å²) < 4.78 is 16.6. The summed E-state index contributed by atoms with van der Waals surface area (Å²) in [5.74, 6) is -0.544. The molecule has 0 saturated carbocycles. The second-order valence-electron chi connectivity index (χ2n) is 6.17. The monoisotopic (exact) mass is 396 g/mol. The lowest BCUT2D eigenvalue weighted by Crippen LogP contribution is -2.41. The highest BCUT2D eigenvalue weighted by molar-refractivity contribution is 6.31. The lowest BCUT2D eigenvalue weighted by atomic mass is 10.2. The fraction of sp³-hybridized carbons (Fsp3) is 0.100. The Bertz CT molecular complexity index is 1260. The lowest BCUT2D eigenvalue weighted by molar-refractivity contribution is 0.581. The van der Waals surface area contributed by atoms with E-state index in [0.29, 0.717) is 0 Å². The van der Waals surface area contributed by atoms with Crippen LogP contribution in [0.25, 0.3) is 11.2 Å². The van der Waals surface area contributed by atoms with Crippen LogP contribution in [0.3, 0.4) is 0 Å². The van der Waals surface area contributed by atoms with Crippen molar-refractivity contribution in [2.24, 2.45) is 0 Å². The van der Waals surface area contributed by atoms with E-state index in [9.17, 15) is 14.0 Å². The molecule has 2 heterocycles. The molecular formula is C20H14ClFN4O2. The molecule has 0 atom stereocenters. The molecule has 4 aromatic rings. The average molecular weight is 397 g/mol. The molecule has 8 heteroatoms. The Labute approximate surface area is 163 Å². The zero-order chi connectivity index (χ0) is 19.7. The van der Waals surface area contributed by atoms with Crippen molar-refractivity contribution in [1.29, 1.82) is 0 Å². The molecule has 140 valence electrons. The summed E-state index contributed by atoms with van der Waals surface area (Å²) in [6.07, 6.45) is 2.75. The van der Waals surface area contributed by atoms with E-state index < -0.39 is 17.1 Å². The van der Waals surface area contributed by atoms with Crippen molar-refractivity contribution in [3.05, 3.63) is 104 Å². The molecule has 0 N–H and O–H groups in total. The highest BCUT2D eigenvalue weighted by Crippen LogP contribution is 2.20. The summed E-state index contributed by atoms with van der Waals surface area (Å²) in [5.41, 5.74) is -0.121. The molecule has 2 aromatic carbocycles. The first-order valence-corrected chi connectivity index (χ1v) is 8.85. The third kappa shape index (κ3) is 3.20. The number of hydrogen-bond donors (Lipinski definition) is 0. The van der Waals surface area contributed by atoms with Crippen molar-refractivity contribution in [3.8, 4) is 0 Å². The highest BCUT2D eigenvalue weighted by Gasteiger charge is 2.18. The largest absolute Gasteiger partial charge is 0.333 e. The van der Waals surface area contributed by atoms with Gasteiger partial charge in [-0.15, -0.1) is 0 Å². The molecule has 0 spiro atoms. The Balaban J connectivity index is 1.95. The zero-order valence-electron chi connectivity index (χ0n) is 14.5. The smallest absolute Gasteiger partial charge is 0.271 e. The van der Waals surface area contributed by atoms with Crippen LogP contribution >= 0.6 is 11.6 Å². The Kier molecular flexibility index (Phi) is 4.75. The van der Waals surface area contributed by atoms with Gasteiger partial charge in [0.05, 0.1) is 13.1 Å². The van der Waals surface area contributed by atoms with Crippen LogP contribution < -0.4 is 11.2 Å². The summed E-state index contributed by atoms with van der Waals surface area (Å²) in [6, 6.07) is 13.4. The van der Waals surface area contributed by atoms with E-state index in [1.165, 1.54) is 29.1 Å². The Hall–Kier alpha value is -3.32. The summed E-state index contributed by atoms with van der Waals surface area (Å²) >= 11 is 6.12. The Morgan fingerprint density at radius 2 is 1.64 bits per heavy atom. The molecule has 4 rings (SSSR count). The van der Waals surface area contributed by atoms with Gasteiger partial charge in [0.25, 0.3) is 5.56 Å². The minimum atomic E-state index is -0.610. The second-order valence-corrected chi connectivity index (χ2v) is 6.58. The van der Waals surface area contributed by atoms with Crippen molar-refractivity contribution >= 4 is 22.8 Å². The predicted molar refractivity (Wildman–Crippen MR) is 104 cm³/mol. The van der Waals surface area contributed by atoms with Gasteiger partial charge in [-0.2, -0.15) is 0 Å². The van der Waals surface area contributed by atoms with Crippen LogP contribution in [0.1, 0.15) is 11.1 Å². The molecule has 0 saturated heterocycles. The standard InChI is InChI=1S/C20H14ClFN4O2/c21-15-7-4-8-16(22)14(15)12-25-18-17(23-9-10-24-18)19(27)26(20(25)28)11-13-5-2-1-3-6-13/h1-10H,11-12H2. The van der Waals surface area contributed by atoms with Gasteiger partial charge in [-0.3, -0.25) is 13.9 Å². The summed E-state index contributed by atoms with van der Waals surface area (Å²) in [7, 11) is 0. The fourth-order valence-electron chi connectivity index (χ4n) is 3.02. The number of aromatic nitrogens is 4. The summed E-state index contributed by atoms with van der Waals surface area (Å²) in [4.78, 5) is 34.2. The van der Waals surface area contributed by atoms with Crippen LogP contribution in [0, 0.1) is 5.82 Å². The van der Waals surface area contributed by atoms with Gasteiger partial charge in [0.15, 0.2) is 11.2 Å². The molecule has 0 amide bonds. The van der Waals surface area contributed by atoms with Crippen LogP contribution in [0.2, 0.25) is 5.02 Å². The third-order valence-electron chi connectivity index (χ3n) is 4.41. The Morgan fingerprint density at radius 1 is 0.893 bits per heavy atom. The molecule has 0 radical (unpaired) electrons. The molecule has 0 fully saturated rings. The molecule has 0 aliphatic rings. The van der Waals surface area contributed by atoms with Gasteiger partial charge < -0.3 is 0 Å². The van der Waals surface area contributed by atoms with Gasteiger partial charge in [-0.05, 0) is 17.7 Å². The first-order valence-electron chi connectivity index (χ1n) is 8.47. The second kappa shape index (κ2) is 7.36. The molecule has 28 heavy (non-hydrogen) atoms. The van der Waals surface area contributed by atoms with Gasteiger partial charge in [0.1, 0.15) is 5.82 Å². The lowest BCUT2D eigenvalue weighted by Gasteiger charge is -2.14. The van der Waals surface area contributed by atoms with Gasteiger partial charge in [0, 0.05) is 23.0 Å².